The second-order valence-corrected chi connectivity index (χ2v) is 3.94. The molecular weight excluding hydrogens is 192 g/mol. The van der Waals surface area contributed by atoms with Crippen LogP contribution in [0.1, 0.15) is 18.4 Å². The molecule has 1 aliphatic heterocycles. The number of hydrogen-bond donors (Lipinski definition) is 0. The lowest BCUT2D eigenvalue weighted by atomic mass is 10.2. The summed E-state index contributed by atoms with van der Waals surface area (Å²) in [5.74, 6) is 0. The number of nitrogens with zero attached hydrogens (tertiary/aromatic N) is 2. The predicted octanol–water partition coefficient (Wildman–Crippen LogP) is 2.50. The number of hydrogen-bond acceptors (Lipinski definition) is 3. The maximum Gasteiger partial charge on any atom is 0.292 e. The molecule has 0 N–H and O–H groups in total. The van der Waals surface area contributed by atoms with Crippen LogP contribution < -0.4 is 4.90 Å². The van der Waals surface area contributed by atoms with E-state index in [4.69, 9.17) is 0 Å². The quantitative estimate of drug-likeness (QED) is 0.551. The van der Waals surface area contributed by atoms with Crippen LogP contribution in [0.4, 0.5) is 11.4 Å². The summed E-state index contributed by atoms with van der Waals surface area (Å²) in [4.78, 5) is 12.7. The fourth-order valence-corrected chi connectivity index (χ4v) is 2.01. The molecule has 0 radical (unpaired) electrons. The lowest BCUT2D eigenvalue weighted by Gasteiger charge is -2.17. The molecule has 4 nitrogen and oxygen atoms in total. The molecule has 1 fully saturated rings. The van der Waals surface area contributed by atoms with Crippen molar-refractivity contribution in [2.75, 3.05) is 18.0 Å². The molecule has 1 saturated heterocycles. The van der Waals surface area contributed by atoms with Gasteiger partial charge in [0.25, 0.3) is 5.69 Å². The molecular formula is C11H14N2O2. The van der Waals surface area contributed by atoms with Crippen molar-refractivity contribution in [3.8, 4) is 0 Å². The van der Waals surface area contributed by atoms with Crippen molar-refractivity contribution in [3.63, 3.8) is 0 Å². The van der Waals surface area contributed by atoms with Crippen LogP contribution in [-0.4, -0.2) is 18.0 Å². The van der Waals surface area contributed by atoms with Crippen molar-refractivity contribution in [2.24, 2.45) is 0 Å². The van der Waals surface area contributed by atoms with Gasteiger partial charge >= 0.3 is 0 Å². The topological polar surface area (TPSA) is 46.4 Å². The highest BCUT2D eigenvalue weighted by atomic mass is 16.6. The van der Waals surface area contributed by atoms with E-state index in [1.165, 1.54) is 0 Å². The predicted molar refractivity (Wildman–Crippen MR) is 59.3 cm³/mol. The monoisotopic (exact) mass is 206 g/mol. The molecule has 1 aromatic carbocycles. The first kappa shape index (κ1) is 9.96. The van der Waals surface area contributed by atoms with Crippen LogP contribution in [0.3, 0.4) is 0 Å². The fraction of sp³-hybridized carbons (Fsp3) is 0.455. The average molecular weight is 206 g/mol. The Morgan fingerprint density at radius 1 is 1.33 bits per heavy atom. The van der Waals surface area contributed by atoms with Crippen molar-refractivity contribution in [1.29, 1.82) is 0 Å². The summed E-state index contributed by atoms with van der Waals surface area (Å²) >= 11 is 0. The van der Waals surface area contributed by atoms with Crippen molar-refractivity contribution >= 4 is 11.4 Å². The number of aryl methyl sites for hydroxylation is 1. The first-order valence-corrected chi connectivity index (χ1v) is 5.18. The molecule has 0 bridgehead atoms. The third-order valence-electron chi connectivity index (χ3n) is 2.77. The molecule has 0 unspecified atom stereocenters. The molecule has 0 amide bonds. The third-order valence-corrected chi connectivity index (χ3v) is 2.77. The van der Waals surface area contributed by atoms with E-state index < -0.39 is 0 Å². The first-order valence-electron chi connectivity index (χ1n) is 5.18. The number of rotatable bonds is 2. The Labute approximate surface area is 88.7 Å². The molecule has 0 spiro atoms. The highest BCUT2D eigenvalue weighted by Crippen LogP contribution is 2.31. The standard InChI is InChI=1S/C11H14N2O2/c1-9-4-5-10(11(8-9)13(14)15)12-6-2-3-7-12/h4-5,8H,2-3,6-7H2,1H3. The van der Waals surface area contributed by atoms with Crippen LogP contribution in [-0.2, 0) is 0 Å². The Morgan fingerprint density at radius 3 is 2.60 bits per heavy atom. The molecule has 0 aromatic heterocycles. The second-order valence-electron chi connectivity index (χ2n) is 3.94. The second kappa shape index (κ2) is 3.88. The highest BCUT2D eigenvalue weighted by molar-refractivity contribution is 5.64. The lowest BCUT2D eigenvalue weighted by Crippen LogP contribution is -2.18. The molecule has 1 heterocycles. The van der Waals surface area contributed by atoms with Gasteiger partial charge < -0.3 is 4.90 Å². The third kappa shape index (κ3) is 1.93. The van der Waals surface area contributed by atoms with Gasteiger partial charge in [-0.3, -0.25) is 10.1 Å². The van der Waals surface area contributed by atoms with E-state index >= 15 is 0 Å². The van der Waals surface area contributed by atoms with E-state index in [0.29, 0.717) is 0 Å². The Hall–Kier alpha value is -1.58. The lowest BCUT2D eigenvalue weighted by molar-refractivity contribution is -0.384. The summed E-state index contributed by atoms with van der Waals surface area (Å²) in [5, 5.41) is 10.9. The van der Waals surface area contributed by atoms with Gasteiger partial charge in [0.15, 0.2) is 0 Å². The summed E-state index contributed by atoms with van der Waals surface area (Å²) in [5.41, 5.74) is 1.93. The van der Waals surface area contributed by atoms with Gasteiger partial charge in [-0.05, 0) is 31.4 Å². The average Bonchev–Trinajstić information content (AvgIpc) is 2.70. The molecule has 2 rings (SSSR count). The van der Waals surface area contributed by atoms with Crippen LogP contribution in [0.15, 0.2) is 18.2 Å². The van der Waals surface area contributed by atoms with Gasteiger partial charge in [-0.2, -0.15) is 0 Å². The Balaban J connectivity index is 2.40. The smallest absolute Gasteiger partial charge is 0.292 e. The van der Waals surface area contributed by atoms with Gasteiger partial charge in [-0.25, -0.2) is 0 Å². The van der Waals surface area contributed by atoms with E-state index in [0.717, 1.165) is 37.2 Å². The molecule has 1 aliphatic rings. The fourth-order valence-electron chi connectivity index (χ4n) is 2.01. The van der Waals surface area contributed by atoms with E-state index in [2.05, 4.69) is 4.90 Å². The SMILES string of the molecule is Cc1ccc(N2CCCC2)c([N+](=O)[O-])c1. The van der Waals surface area contributed by atoms with E-state index in [1.807, 2.05) is 19.1 Å². The van der Waals surface area contributed by atoms with Gasteiger partial charge in [0.2, 0.25) is 0 Å². The minimum absolute atomic E-state index is 0.233. The van der Waals surface area contributed by atoms with Gasteiger partial charge in [0.1, 0.15) is 5.69 Å². The Morgan fingerprint density at radius 2 is 2.00 bits per heavy atom. The van der Waals surface area contributed by atoms with E-state index in [-0.39, 0.29) is 10.6 Å². The van der Waals surface area contributed by atoms with Crippen LogP contribution in [0.5, 0.6) is 0 Å². The van der Waals surface area contributed by atoms with Crippen molar-refractivity contribution < 1.29 is 4.92 Å². The Kier molecular flexibility index (Phi) is 2.58. The van der Waals surface area contributed by atoms with Gasteiger partial charge in [0, 0.05) is 19.2 Å². The minimum atomic E-state index is -0.291. The molecule has 0 saturated carbocycles. The molecule has 1 aromatic rings. The molecule has 80 valence electrons. The molecule has 4 heteroatoms. The van der Waals surface area contributed by atoms with Crippen molar-refractivity contribution in [1.82, 2.24) is 0 Å². The maximum absolute atomic E-state index is 10.9. The molecule has 0 aliphatic carbocycles. The zero-order valence-electron chi connectivity index (χ0n) is 8.77. The zero-order chi connectivity index (χ0) is 10.8. The van der Waals surface area contributed by atoms with Crippen LogP contribution in [0, 0.1) is 17.0 Å². The number of anilines is 1. The van der Waals surface area contributed by atoms with E-state index in [9.17, 15) is 10.1 Å². The molecule has 0 atom stereocenters. The van der Waals surface area contributed by atoms with Crippen molar-refractivity contribution in [3.05, 3.63) is 33.9 Å². The van der Waals surface area contributed by atoms with Gasteiger partial charge in [-0.15, -0.1) is 0 Å². The maximum atomic E-state index is 10.9. The van der Waals surface area contributed by atoms with Crippen molar-refractivity contribution in [2.45, 2.75) is 19.8 Å². The van der Waals surface area contributed by atoms with Crippen LogP contribution in [0.2, 0.25) is 0 Å². The van der Waals surface area contributed by atoms with Crippen LogP contribution >= 0.6 is 0 Å². The Bertz CT molecular complexity index is 384. The summed E-state index contributed by atoms with van der Waals surface area (Å²) in [6, 6.07) is 5.44. The molecule has 15 heavy (non-hydrogen) atoms. The largest absolute Gasteiger partial charge is 0.366 e. The number of benzene rings is 1. The van der Waals surface area contributed by atoms with Crippen LogP contribution in [0.25, 0.3) is 0 Å². The first-order chi connectivity index (χ1) is 7.18. The number of nitro groups is 1. The normalized spacial score (nSPS) is 15.7. The summed E-state index contributed by atoms with van der Waals surface area (Å²) in [6.07, 6.45) is 2.26. The highest BCUT2D eigenvalue weighted by Gasteiger charge is 2.21. The summed E-state index contributed by atoms with van der Waals surface area (Å²) in [7, 11) is 0. The summed E-state index contributed by atoms with van der Waals surface area (Å²) < 4.78 is 0. The van der Waals surface area contributed by atoms with Gasteiger partial charge in [-0.1, -0.05) is 6.07 Å². The number of nitro benzene ring substituents is 1. The van der Waals surface area contributed by atoms with Gasteiger partial charge in [0.05, 0.1) is 4.92 Å². The minimum Gasteiger partial charge on any atom is -0.366 e. The van der Waals surface area contributed by atoms with E-state index in [1.54, 1.807) is 6.07 Å². The summed E-state index contributed by atoms with van der Waals surface area (Å²) in [6.45, 7) is 3.74. The zero-order valence-corrected chi connectivity index (χ0v) is 8.77.